The average molecular weight is 279 g/mol. The van der Waals surface area contributed by atoms with Gasteiger partial charge in [-0.3, -0.25) is 4.99 Å². The van der Waals surface area contributed by atoms with Crippen LogP contribution in [0.5, 0.6) is 11.5 Å². The number of hydrogen-bond donors (Lipinski definition) is 4. The first-order valence-corrected chi connectivity index (χ1v) is 5.54. The Bertz CT molecular complexity index is 445. The topological polar surface area (TPSA) is 90.1 Å². The standard InChI is InChI=1S/C11H13NO4S.Na.H/c13-8-2-1-7(10(14)5-8)3-4-12-9(6-17)11(15)16;;/h1-2,4-5,9,13-14,17H,3,6H2,(H,15,16);;/q;+1;-1/t9-;;/m0../s1. The van der Waals surface area contributed by atoms with Gasteiger partial charge in [-0.1, -0.05) is 6.07 Å². The Morgan fingerprint density at radius 2 is 2.17 bits per heavy atom. The summed E-state index contributed by atoms with van der Waals surface area (Å²) in [5.41, 5.74) is 0.565. The Balaban J connectivity index is 0. The molecule has 0 bridgehead atoms. The Morgan fingerprint density at radius 3 is 2.67 bits per heavy atom. The van der Waals surface area contributed by atoms with E-state index in [1.165, 1.54) is 18.3 Å². The molecule has 0 saturated heterocycles. The second-order valence-electron chi connectivity index (χ2n) is 3.39. The van der Waals surface area contributed by atoms with E-state index in [1.54, 1.807) is 6.07 Å². The predicted octanol–water partition coefficient (Wildman–Crippen LogP) is -1.79. The minimum absolute atomic E-state index is 0. The fourth-order valence-corrected chi connectivity index (χ4v) is 1.44. The Kier molecular flexibility index (Phi) is 8.10. The normalized spacial score (nSPS) is 12.1. The summed E-state index contributed by atoms with van der Waals surface area (Å²) in [6.45, 7) is 0. The van der Waals surface area contributed by atoms with E-state index in [9.17, 15) is 9.90 Å². The van der Waals surface area contributed by atoms with Gasteiger partial charge >= 0.3 is 35.5 Å². The van der Waals surface area contributed by atoms with Gasteiger partial charge in [0.2, 0.25) is 0 Å². The third kappa shape index (κ3) is 5.30. The molecular weight excluding hydrogens is 265 g/mol. The molecule has 3 N–H and O–H groups in total. The van der Waals surface area contributed by atoms with Crippen molar-refractivity contribution in [2.24, 2.45) is 4.99 Å². The molecule has 0 aromatic heterocycles. The summed E-state index contributed by atoms with van der Waals surface area (Å²) >= 11 is 3.87. The number of nitrogens with zero attached hydrogens (tertiary/aromatic N) is 1. The molecule has 1 atom stereocenters. The van der Waals surface area contributed by atoms with Crippen LogP contribution in [0.15, 0.2) is 23.2 Å². The van der Waals surface area contributed by atoms with Gasteiger partial charge in [-0.15, -0.1) is 0 Å². The van der Waals surface area contributed by atoms with Gasteiger partial charge in [0.25, 0.3) is 0 Å². The molecule has 0 amide bonds. The van der Waals surface area contributed by atoms with Gasteiger partial charge in [-0.25, -0.2) is 4.79 Å². The number of hydrogen-bond acceptors (Lipinski definition) is 5. The molecule has 1 aromatic rings. The van der Waals surface area contributed by atoms with E-state index in [0.717, 1.165) is 0 Å². The minimum atomic E-state index is -1.04. The first kappa shape index (κ1) is 17.3. The molecule has 7 heteroatoms. The number of aliphatic carboxylic acids is 1. The first-order chi connectivity index (χ1) is 8.04. The molecule has 1 aromatic carbocycles. The quantitative estimate of drug-likeness (QED) is 0.291. The molecule has 1 rings (SSSR count). The van der Waals surface area contributed by atoms with Crippen LogP contribution in [0.25, 0.3) is 0 Å². The number of carboxylic acids is 1. The van der Waals surface area contributed by atoms with Gasteiger partial charge < -0.3 is 16.7 Å². The average Bonchev–Trinajstić information content (AvgIpc) is 2.26. The van der Waals surface area contributed by atoms with Crippen LogP contribution < -0.4 is 29.6 Å². The smallest absolute Gasteiger partial charge is 1.00 e. The van der Waals surface area contributed by atoms with Crippen molar-refractivity contribution >= 4 is 24.8 Å². The van der Waals surface area contributed by atoms with Crippen molar-refractivity contribution in [3.8, 4) is 11.5 Å². The fraction of sp³-hybridized carbons (Fsp3) is 0.273. The number of phenolic OH excluding ortho intramolecular Hbond substituents is 2. The maximum Gasteiger partial charge on any atom is 1.00 e. The fourth-order valence-electron chi connectivity index (χ4n) is 1.19. The summed E-state index contributed by atoms with van der Waals surface area (Å²) in [6.07, 6.45) is 1.71. The Morgan fingerprint density at radius 1 is 1.50 bits per heavy atom. The van der Waals surface area contributed by atoms with Crippen LogP contribution in [-0.4, -0.2) is 39.3 Å². The van der Waals surface area contributed by atoms with Crippen LogP contribution in [-0.2, 0) is 11.2 Å². The van der Waals surface area contributed by atoms with Crippen molar-refractivity contribution in [1.82, 2.24) is 0 Å². The minimum Gasteiger partial charge on any atom is -1.00 e. The molecule has 0 aliphatic heterocycles. The van der Waals surface area contributed by atoms with Gasteiger partial charge in [-0.2, -0.15) is 12.6 Å². The van der Waals surface area contributed by atoms with Crippen LogP contribution in [0.1, 0.15) is 6.99 Å². The summed E-state index contributed by atoms with van der Waals surface area (Å²) in [5, 5.41) is 27.3. The predicted molar refractivity (Wildman–Crippen MR) is 68.4 cm³/mol. The van der Waals surface area contributed by atoms with E-state index in [0.29, 0.717) is 12.0 Å². The van der Waals surface area contributed by atoms with E-state index in [-0.39, 0.29) is 48.2 Å². The van der Waals surface area contributed by atoms with Crippen molar-refractivity contribution in [1.29, 1.82) is 0 Å². The number of benzene rings is 1. The molecule has 0 spiro atoms. The van der Waals surface area contributed by atoms with Crippen LogP contribution in [0.3, 0.4) is 0 Å². The van der Waals surface area contributed by atoms with Crippen molar-refractivity contribution in [3.63, 3.8) is 0 Å². The maximum atomic E-state index is 10.6. The third-order valence-electron chi connectivity index (χ3n) is 2.12. The van der Waals surface area contributed by atoms with E-state index < -0.39 is 12.0 Å². The molecule has 0 aliphatic carbocycles. The van der Waals surface area contributed by atoms with Gasteiger partial charge in [0.1, 0.15) is 11.5 Å². The number of rotatable bonds is 5. The summed E-state index contributed by atoms with van der Waals surface area (Å²) in [7, 11) is 0. The molecule has 0 aliphatic rings. The molecule has 0 heterocycles. The molecule has 18 heavy (non-hydrogen) atoms. The molecular formula is C11H14NNaO4S. The number of phenols is 2. The second-order valence-corrected chi connectivity index (χ2v) is 3.75. The van der Waals surface area contributed by atoms with Crippen LogP contribution in [0.4, 0.5) is 0 Å². The maximum absolute atomic E-state index is 10.6. The number of aromatic hydroxyl groups is 2. The summed E-state index contributed by atoms with van der Waals surface area (Å²) < 4.78 is 0. The molecule has 0 fully saturated rings. The Labute approximate surface area is 134 Å². The number of carbonyl (C=O) groups is 1. The molecule has 0 saturated carbocycles. The van der Waals surface area contributed by atoms with E-state index in [4.69, 9.17) is 10.2 Å². The van der Waals surface area contributed by atoms with Crippen molar-refractivity contribution in [3.05, 3.63) is 23.8 Å². The van der Waals surface area contributed by atoms with Crippen molar-refractivity contribution < 1.29 is 51.1 Å². The van der Waals surface area contributed by atoms with E-state index in [2.05, 4.69) is 17.6 Å². The second kappa shape index (κ2) is 8.42. The van der Waals surface area contributed by atoms with Gasteiger partial charge in [0.05, 0.1) is 0 Å². The third-order valence-corrected chi connectivity index (χ3v) is 2.47. The molecule has 94 valence electrons. The zero-order valence-electron chi connectivity index (χ0n) is 10.9. The zero-order valence-corrected chi connectivity index (χ0v) is 12.8. The number of aliphatic imine (C=N–C) groups is 1. The van der Waals surface area contributed by atoms with Crippen molar-refractivity contribution in [2.75, 3.05) is 5.75 Å². The van der Waals surface area contributed by atoms with Crippen molar-refractivity contribution in [2.45, 2.75) is 12.5 Å². The largest absolute Gasteiger partial charge is 1.00 e. The van der Waals surface area contributed by atoms with Crippen LogP contribution in [0.2, 0.25) is 0 Å². The van der Waals surface area contributed by atoms with Gasteiger partial charge in [0.15, 0.2) is 6.04 Å². The van der Waals surface area contributed by atoms with Crippen LogP contribution in [0, 0.1) is 0 Å². The summed E-state index contributed by atoms with van der Waals surface area (Å²) in [4.78, 5) is 14.5. The number of thiol groups is 1. The van der Waals surface area contributed by atoms with Gasteiger partial charge in [-0.05, 0) is 11.6 Å². The first-order valence-electron chi connectivity index (χ1n) is 4.90. The monoisotopic (exact) mass is 279 g/mol. The summed E-state index contributed by atoms with van der Waals surface area (Å²) in [5.74, 6) is -0.991. The molecule has 5 nitrogen and oxygen atoms in total. The van der Waals surface area contributed by atoms with E-state index in [1.807, 2.05) is 0 Å². The summed E-state index contributed by atoms with van der Waals surface area (Å²) in [6, 6.07) is 3.33. The number of carboxylic acid groups (broad SMARTS) is 1. The zero-order chi connectivity index (χ0) is 12.8. The van der Waals surface area contributed by atoms with E-state index >= 15 is 0 Å². The van der Waals surface area contributed by atoms with Crippen LogP contribution >= 0.6 is 12.6 Å². The SMILES string of the molecule is O=C(O)[C@H](CS)N=CCc1ccc(O)cc1O.[H-].[Na+]. The van der Waals surface area contributed by atoms with Gasteiger partial charge in [0, 0.05) is 24.5 Å². The Hall–Kier alpha value is -0.690. The molecule has 0 radical (unpaired) electrons. The molecule has 0 unspecified atom stereocenters.